The summed E-state index contributed by atoms with van der Waals surface area (Å²) in [4.78, 5) is 21.3. The number of morpholine rings is 1. The Morgan fingerprint density at radius 2 is 1.68 bits per heavy atom. The summed E-state index contributed by atoms with van der Waals surface area (Å²) in [6.07, 6.45) is 1.91. The monoisotopic (exact) mass is 538 g/mol. The zero-order valence-corrected chi connectivity index (χ0v) is 23.6. The van der Waals surface area contributed by atoms with Crippen LogP contribution in [0.4, 0.5) is 5.69 Å². The van der Waals surface area contributed by atoms with Gasteiger partial charge in [-0.2, -0.15) is 0 Å². The fourth-order valence-corrected chi connectivity index (χ4v) is 6.85. The van der Waals surface area contributed by atoms with Crippen molar-refractivity contribution in [3.63, 3.8) is 0 Å². The van der Waals surface area contributed by atoms with E-state index < -0.39 is 9.84 Å². The fourth-order valence-electron chi connectivity index (χ4n) is 5.53. The number of nitrogens with zero attached hydrogens (tertiary/aromatic N) is 4. The van der Waals surface area contributed by atoms with Gasteiger partial charge in [0.15, 0.2) is 0 Å². The number of ether oxygens (including phenoxy) is 1. The Balaban J connectivity index is 1.46. The highest BCUT2D eigenvalue weighted by atomic mass is 32.2. The maximum absolute atomic E-state index is 13.7. The summed E-state index contributed by atoms with van der Waals surface area (Å²) in [6, 6.07) is 12.5. The first-order valence-corrected chi connectivity index (χ1v) is 15.0. The van der Waals surface area contributed by atoms with Crippen molar-refractivity contribution in [2.24, 2.45) is 5.92 Å². The number of sulfone groups is 1. The first-order chi connectivity index (χ1) is 18.0. The molecule has 9 heteroatoms. The van der Waals surface area contributed by atoms with Gasteiger partial charge in [-0.05, 0) is 55.2 Å². The van der Waals surface area contributed by atoms with Gasteiger partial charge in [-0.25, -0.2) is 13.4 Å². The first kappa shape index (κ1) is 26.7. The first-order valence-electron chi connectivity index (χ1n) is 13.5. The van der Waals surface area contributed by atoms with Crippen LogP contribution in [-0.2, 0) is 31.3 Å². The zero-order chi connectivity index (χ0) is 27.1. The average Bonchev–Trinajstić information content (AvgIpc) is 3.28. The minimum atomic E-state index is -3.72. The second-order valence-corrected chi connectivity index (χ2v) is 13.4. The number of carbonyl (C=O) groups is 1. The molecule has 0 N–H and O–H groups in total. The highest BCUT2D eigenvalue weighted by Gasteiger charge is 2.28. The summed E-state index contributed by atoms with van der Waals surface area (Å²) in [5.41, 5.74) is 2.34. The molecule has 1 aromatic heterocycles. The van der Waals surface area contributed by atoms with E-state index in [-0.39, 0.29) is 21.1 Å². The van der Waals surface area contributed by atoms with Crippen LogP contribution in [0.5, 0.6) is 0 Å². The summed E-state index contributed by atoms with van der Waals surface area (Å²) < 4.78 is 35.1. The van der Waals surface area contributed by atoms with Gasteiger partial charge in [-0.1, -0.05) is 26.8 Å². The Labute approximate surface area is 225 Å². The molecule has 3 aromatic rings. The Hall–Kier alpha value is -2.91. The number of anilines is 1. The van der Waals surface area contributed by atoms with Crippen LogP contribution in [0.1, 0.15) is 46.4 Å². The molecule has 2 aromatic carbocycles. The van der Waals surface area contributed by atoms with E-state index in [0.717, 1.165) is 62.6 Å². The molecule has 2 saturated heterocycles. The van der Waals surface area contributed by atoms with E-state index in [2.05, 4.69) is 30.2 Å². The van der Waals surface area contributed by atoms with Gasteiger partial charge in [-0.15, -0.1) is 0 Å². The van der Waals surface area contributed by atoms with Crippen LogP contribution in [0.15, 0.2) is 52.3 Å². The molecule has 0 saturated carbocycles. The zero-order valence-electron chi connectivity index (χ0n) is 22.8. The topological polar surface area (TPSA) is 84.7 Å². The fraction of sp³-hybridized carbons (Fsp3) is 0.517. The van der Waals surface area contributed by atoms with Crippen LogP contribution in [0, 0.1) is 5.92 Å². The predicted octanol–water partition coefficient (Wildman–Crippen LogP) is 4.26. The second-order valence-electron chi connectivity index (χ2n) is 11.5. The SMILES string of the molecule is CC(=O)N1CCC(Cn2c(C(C)(C)C)nc3cc(S(=O)(=O)c4cccc(N5CCOCC5)c4)ccc32)CC1. The lowest BCUT2D eigenvalue weighted by atomic mass is 9.93. The van der Waals surface area contributed by atoms with E-state index in [9.17, 15) is 13.2 Å². The molecular formula is C29H38N4O4S. The molecule has 0 spiro atoms. The van der Waals surface area contributed by atoms with Crippen LogP contribution in [0.3, 0.4) is 0 Å². The molecule has 2 aliphatic rings. The molecule has 0 atom stereocenters. The van der Waals surface area contributed by atoms with Crippen molar-refractivity contribution in [2.45, 2.75) is 62.3 Å². The number of imidazole rings is 1. The van der Waals surface area contributed by atoms with Crippen LogP contribution >= 0.6 is 0 Å². The lowest BCUT2D eigenvalue weighted by Gasteiger charge is -2.32. The number of fused-ring (bicyclic) bond motifs is 1. The maximum atomic E-state index is 13.7. The van der Waals surface area contributed by atoms with E-state index in [1.165, 1.54) is 0 Å². The van der Waals surface area contributed by atoms with Crippen molar-refractivity contribution < 1.29 is 17.9 Å². The van der Waals surface area contributed by atoms with Crippen LogP contribution in [-0.4, -0.2) is 68.2 Å². The number of carbonyl (C=O) groups excluding carboxylic acids is 1. The number of hydrogen-bond acceptors (Lipinski definition) is 6. The summed E-state index contributed by atoms with van der Waals surface area (Å²) >= 11 is 0. The number of piperidine rings is 1. The predicted molar refractivity (Wildman–Crippen MR) is 148 cm³/mol. The highest BCUT2D eigenvalue weighted by molar-refractivity contribution is 7.91. The van der Waals surface area contributed by atoms with E-state index in [4.69, 9.17) is 9.72 Å². The summed E-state index contributed by atoms with van der Waals surface area (Å²) in [5, 5.41) is 0. The van der Waals surface area contributed by atoms with Crippen molar-refractivity contribution in [1.29, 1.82) is 0 Å². The van der Waals surface area contributed by atoms with Gasteiger partial charge in [0.05, 0.1) is 34.0 Å². The number of hydrogen-bond donors (Lipinski definition) is 0. The third-order valence-electron chi connectivity index (χ3n) is 7.71. The standard InChI is InChI=1S/C29H38N4O4S/c1-21(34)31-12-10-22(11-13-31)20-33-27-9-8-25(19-26(27)30-28(33)29(2,3)4)38(35,36)24-7-5-6-23(18-24)32-14-16-37-17-15-32/h5-9,18-19,22H,10-17,20H2,1-4H3. The Bertz CT molecular complexity index is 1430. The van der Waals surface area contributed by atoms with Gasteiger partial charge in [0.25, 0.3) is 0 Å². The largest absolute Gasteiger partial charge is 0.378 e. The minimum absolute atomic E-state index is 0.135. The molecule has 3 heterocycles. The van der Waals surface area contributed by atoms with Crippen molar-refractivity contribution >= 4 is 32.5 Å². The Kier molecular flexibility index (Phi) is 7.26. The third kappa shape index (κ3) is 5.31. The number of aromatic nitrogens is 2. The highest BCUT2D eigenvalue weighted by Crippen LogP contribution is 2.32. The molecule has 0 unspecified atom stereocenters. The number of likely N-dealkylation sites (tertiary alicyclic amines) is 1. The van der Waals surface area contributed by atoms with Gasteiger partial charge in [0.2, 0.25) is 15.7 Å². The van der Waals surface area contributed by atoms with Crippen molar-refractivity contribution in [3.8, 4) is 0 Å². The van der Waals surface area contributed by atoms with E-state index in [1.54, 1.807) is 37.3 Å². The lowest BCUT2D eigenvalue weighted by molar-refractivity contribution is -0.130. The summed E-state index contributed by atoms with van der Waals surface area (Å²) in [7, 11) is -3.72. The van der Waals surface area contributed by atoms with Crippen molar-refractivity contribution in [2.75, 3.05) is 44.3 Å². The molecular weight excluding hydrogens is 500 g/mol. The molecule has 1 amide bonds. The van der Waals surface area contributed by atoms with Crippen molar-refractivity contribution in [1.82, 2.24) is 14.5 Å². The van der Waals surface area contributed by atoms with Gasteiger partial charge in [0, 0.05) is 50.7 Å². The minimum Gasteiger partial charge on any atom is -0.378 e. The van der Waals surface area contributed by atoms with E-state index in [1.807, 2.05) is 17.0 Å². The Morgan fingerprint density at radius 1 is 1.00 bits per heavy atom. The molecule has 0 aliphatic carbocycles. The van der Waals surface area contributed by atoms with Crippen LogP contribution in [0.2, 0.25) is 0 Å². The molecule has 5 rings (SSSR count). The van der Waals surface area contributed by atoms with Gasteiger partial charge >= 0.3 is 0 Å². The maximum Gasteiger partial charge on any atom is 0.219 e. The molecule has 0 radical (unpaired) electrons. The smallest absolute Gasteiger partial charge is 0.219 e. The van der Waals surface area contributed by atoms with Gasteiger partial charge in [-0.3, -0.25) is 4.79 Å². The van der Waals surface area contributed by atoms with E-state index >= 15 is 0 Å². The molecule has 38 heavy (non-hydrogen) atoms. The third-order valence-corrected chi connectivity index (χ3v) is 9.45. The molecule has 2 aliphatic heterocycles. The second kappa shape index (κ2) is 10.3. The quantitative estimate of drug-likeness (QED) is 0.483. The average molecular weight is 539 g/mol. The number of rotatable bonds is 5. The normalized spacial score (nSPS) is 17.8. The molecule has 0 bridgehead atoms. The summed E-state index contributed by atoms with van der Waals surface area (Å²) in [5.74, 6) is 1.52. The Morgan fingerprint density at radius 3 is 2.34 bits per heavy atom. The van der Waals surface area contributed by atoms with Gasteiger partial charge in [0.1, 0.15) is 5.82 Å². The van der Waals surface area contributed by atoms with Crippen LogP contribution in [0.25, 0.3) is 11.0 Å². The van der Waals surface area contributed by atoms with Gasteiger partial charge < -0.3 is 19.1 Å². The summed E-state index contributed by atoms with van der Waals surface area (Å²) in [6.45, 7) is 13.2. The van der Waals surface area contributed by atoms with Crippen molar-refractivity contribution in [3.05, 3.63) is 48.3 Å². The lowest BCUT2D eigenvalue weighted by Crippen LogP contribution is -2.38. The number of amides is 1. The molecule has 8 nitrogen and oxygen atoms in total. The van der Waals surface area contributed by atoms with Crippen LogP contribution < -0.4 is 4.90 Å². The number of benzene rings is 2. The molecule has 2 fully saturated rings. The molecule has 204 valence electrons. The van der Waals surface area contributed by atoms with E-state index in [0.29, 0.717) is 24.6 Å².